The van der Waals surface area contributed by atoms with Gasteiger partial charge in [-0.25, -0.2) is 4.98 Å². The van der Waals surface area contributed by atoms with Crippen LogP contribution >= 0.6 is 11.6 Å². The molecule has 1 N–H and O–H groups in total. The number of nitrogens with one attached hydrogen (secondary N) is 1. The van der Waals surface area contributed by atoms with Crippen LogP contribution in [0.3, 0.4) is 0 Å². The molecule has 0 bridgehead atoms. The highest BCUT2D eigenvalue weighted by molar-refractivity contribution is 6.31. The third kappa shape index (κ3) is 3.46. The molecule has 0 saturated carbocycles. The Balaban J connectivity index is 1.54. The Morgan fingerprint density at radius 1 is 1.04 bits per heavy atom. The summed E-state index contributed by atoms with van der Waals surface area (Å²) in [6.45, 7) is 0. The van der Waals surface area contributed by atoms with Gasteiger partial charge in [-0.2, -0.15) is 0 Å². The molecule has 0 spiro atoms. The van der Waals surface area contributed by atoms with Gasteiger partial charge in [0.1, 0.15) is 5.65 Å². The lowest BCUT2D eigenvalue weighted by molar-refractivity contribution is -0.115. The predicted molar refractivity (Wildman–Crippen MR) is 104 cm³/mol. The average molecular weight is 362 g/mol. The van der Waals surface area contributed by atoms with E-state index in [0.717, 1.165) is 28.2 Å². The van der Waals surface area contributed by atoms with E-state index in [0.29, 0.717) is 5.02 Å². The number of carbonyl (C=O) groups is 1. The minimum absolute atomic E-state index is 0.106. The Hall–Kier alpha value is -3.11. The summed E-state index contributed by atoms with van der Waals surface area (Å²) in [5, 5.41) is 3.53. The lowest BCUT2D eigenvalue weighted by Crippen LogP contribution is -2.14. The van der Waals surface area contributed by atoms with Crippen molar-refractivity contribution in [2.75, 3.05) is 5.32 Å². The molecule has 0 radical (unpaired) electrons. The summed E-state index contributed by atoms with van der Waals surface area (Å²) in [5.41, 5.74) is 4.23. The van der Waals surface area contributed by atoms with Gasteiger partial charge >= 0.3 is 0 Å². The zero-order valence-electron chi connectivity index (χ0n) is 13.9. The Morgan fingerprint density at radius 2 is 1.88 bits per heavy atom. The van der Waals surface area contributed by atoms with Gasteiger partial charge in [-0.15, -0.1) is 0 Å². The molecule has 0 unspecified atom stereocenters. The molecule has 5 heteroatoms. The van der Waals surface area contributed by atoms with Crippen molar-refractivity contribution < 1.29 is 4.79 Å². The van der Waals surface area contributed by atoms with Crippen LogP contribution in [0.2, 0.25) is 5.02 Å². The molecule has 4 aromatic rings. The maximum atomic E-state index is 12.3. The molecule has 4 rings (SSSR count). The van der Waals surface area contributed by atoms with E-state index < -0.39 is 0 Å². The SMILES string of the molecule is O=C(Cc1ccccc1Cl)Nc1cccc(-c2cn3ccccc3n2)c1. The van der Waals surface area contributed by atoms with E-state index in [9.17, 15) is 4.79 Å². The Labute approximate surface area is 156 Å². The van der Waals surface area contributed by atoms with Crippen LogP contribution < -0.4 is 5.32 Å². The minimum atomic E-state index is -0.106. The van der Waals surface area contributed by atoms with Gasteiger partial charge in [-0.3, -0.25) is 4.79 Å². The van der Waals surface area contributed by atoms with E-state index in [2.05, 4.69) is 10.3 Å². The summed E-state index contributed by atoms with van der Waals surface area (Å²) >= 11 is 6.12. The first-order valence-electron chi connectivity index (χ1n) is 8.26. The zero-order chi connectivity index (χ0) is 17.9. The smallest absolute Gasteiger partial charge is 0.228 e. The second kappa shape index (κ2) is 7.02. The van der Waals surface area contributed by atoms with Crippen molar-refractivity contribution in [1.29, 1.82) is 0 Å². The van der Waals surface area contributed by atoms with Crippen molar-refractivity contribution in [2.24, 2.45) is 0 Å². The van der Waals surface area contributed by atoms with Crippen LogP contribution in [-0.4, -0.2) is 15.3 Å². The first-order chi connectivity index (χ1) is 12.7. The first-order valence-corrected chi connectivity index (χ1v) is 8.64. The van der Waals surface area contributed by atoms with Gasteiger partial charge in [0, 0.05) is 28.7 Å². The number of benzene rings is 2. The van der Waals surface area contributed by atoms with E-state index >= 15 is 0 Å². The molecule has 128 valence electrons. The number of hydrogen-bond donors (Lipinski definition) is 1. The minimum Gasteiger partial charge on any atom is -0.326 e. The number of rotatable bonds is 4. The van der Waals surface area contributed by atoms with Gasteiger partial charge in [0.05, 0.1) is 12.1 Å². The van der Waals surface area contributed by atoms with E-state index in [-0.39, 0.29) is 12.3 Å². The van der Waals surface area contributed by atoms with Gasteiger partial charge < -0.3 is 9.72 Å². The highest BCUT2D eigenvalue weighted by Crippen LogP contribution is 2.23. The molecule has 0 aliphatic heterocycles. The monoisotopic (exact) mass is 361 g/mol. The topological polar surface area (TPSA) is 46.4 Å². The van der Waals surface area contributed by atoms with E-state index in [1.54, 1.807) is 6.07 Å². The predicted octanol–water partition coefficient (Wildman–Crippen LogP) is 4.84. The van der Waals surface area contributed by atoms with Crippen LogP contribution in [0.15, 0.2) is 79.1 Å². The maximum Gasteiger partial charge on any atom is 0.228 e. The van der Waals surface area contributed by atoms with Crippen molar-refractivity contribution in [2.45, 2.75) is 6.42 Å². The van der Waals surface area contributed by atoms with Gasteiger partial charge in [0.25, 0.3) is 0 Å². The fourth-order valence-corrected chi connectivity index (χ4v) is 3.05. The van der Waals surface area contributed by atoms with Crippen LogP contribution in [0.5, 0.6) is 0 Å². The third-order valence-corrected chi connectivity index (χ3v) is 4.48. The molecule has 2 heterocycles. The average Bonchev–Trinajstić information content (AvgIpc) is 3.08. The van der Waals surface area contributed by atoms with Gasteiger partial charge in [0.2, 0.25) is 5.91 Å². The number of carbonyl (C=O) groups excluding carboxylic acids is 1. The van der Waals surface area contributed by atoms with Crippen LogP contribution in [-0.2, 0) is 11.2 Å². The Kier molecular flexibility index (Phi) is 4.42. The number of imidazole rings is 1. The van der Waals surface area contributed by atoms with Gasteiger partial charge in [-0.05, 0) is 35.9 Å². The molecule has 0 fully saturated rings. The highest BCUT2D eigenvalue weighted by atomic mass is 35.5. The molecule has 2 aromatic heterocycles. The number of fused-ring (bicyclic) bond motifs is 1. The van der Waals surface area contributed by atoms with Crippen LogP contribution in [0, 0.1) is 0 Å². The number of pyridine rings is 1. The molecule has 0 aliphatic rings. The summed E-state index contributed by atoms with van der Waals surface area (Å²) in [7, 11) is 0. The number of hydrogen-bond acceptors (Lipinski definition) is 2. The third-order valence-electron chi connectivity index (χ3n) is 4.11. The number of aromatic nitrogens is 2. The normalized spacial score (nSPS) is 10.8. The fraction of sp³-hybridized carbons (Fsp3) is 0.0476. The van der Waals surface area contributed by atoms with Crippen LogP contribution in [0.1, 0.15) is 5.56 Å². The summed E-state index contributed by atoms with van der Waals surface area (Å²) in [5.74, 6) is -0.106. The van der Waals surface area contributed by atoms with Gasteiger partial charge in [0.15, 0.2) is 0 Å². The van der Waals surface area contributed by atoms with E-state index in [4.69, 9.17) is 11.6 Å². The summed E-state index contributed by atoms with van der Waals surface area (Å²) in [6, 6.07) is 20.9. The second-order valence-electron chi connectivity index (χ2n) is 5.99. The Morgan fingerprint density at radius 3 is 2.73 bits per heavy atom. The molecular formula is C21H16ClN3O. The number of anilines is 1. The molecule has 0 saturated heterocycles. The van der Waals surface area contributed by atoms with Crippen LogP contribution in [0.4, 0.5) is 5.69 Å². The molecule has 2 aromatic carbocycles. The molecule has 0 aliphatic carbocycles. The standard InChI is InChI=1S/C21H16ClN3O/c22-18-9-2-1-6-15(18)13-21(26)23-17-8-5-7-16(12-17)19-14-25-11-4-3-10-20(25)24-19/h1-12,14H,13H2,(H,23,26). The molecule has 0 atom stereocenters. The largest absolute Gasteiger partial charge is 0.326 e. The van der Waals surface area contributed by atoms with Crippen molar-refractivity contribution >= 4 is 28.8 Å². The van der Waals surface area contributed by atoms with Crippen molar-refractivity contribution in [3.05, 3.63) is 89.7 Å². The van der Waals surface area contributed by atoms with E-state index in [1.165, 1.54) is 0 Å². The van der Waals surface area contributed by atoms with Crippen molar-refractivity contribution in [3.8, 4) is 11.3 Å². The zero-order valence-corrected chi connectivity index (χ0v) is 14.6. The summed E-state index contributed by atoms with van der Waals surface area (Å²) in [6.07, 6.45) is 4.17. The number of halogens is 1. The first kappa shape index (κ1) is 16.4. The number of amides is 1. The maximum absolute atomic E-state index is 12.3. The van der Waals surface area contributed by atoms with E-state index in [1.807, 2.05) is 77.5 Å². The summed E-state index contributed by atoms with van der Waals surface area (Å²) in [4.78, 5) is 16.9. The van der Waals surface area contributed by atoms with Crippen molar-refractivity contribution in [1.82, 2.24) is 9.38 Å². The molecular weight excluding hydrogens is 346 g/mol. The lowest BCUT2D eigenvalue weighted by Gasteiger charge is -2.07. The molecule has 26 heavy (non-hydrogen) atoms. The second-order valence-corrected chi connectivity index (χ2v) is 6.40. The lowest BCUT2D eigenvalue weighted by atomic mass is 10.1. The Bertz CT molecular complexity index is 1050. The molecule has 1 amide bonds. The van der Waals surface area contributed by atoms with Crippen molar-refractivity contribution in [3.63, 3.8) is 0 Å². The van der Waals surface area contributed by atoms with Crippen LogP contribution in [0.25, 0.3) is 16.9 Å². The van der Waals surface area contributed by atoms with Gasteiger partial charge in [-0.1, -0.05) is 48.0 Å². The fourth-order valence-electron chi connectivity index (χ4n) is 2.85. The number of nitrogens with zero attached hydrogens (tertiary/aromatic N) is 2. The molecule has 4 nitrogen and oxygen atoms in total. The quantitative estimate of drug-likeness (QED) is 0.565. The highest BCUT2D eigenvalue weighted by Gasteiger charge is 2.09. The summed E-state index contributed by atoms with van der Waals surface area (Å²) < 4.78 is 1.97.